The molecular formula is C24H21Cl2N5O3. The number of hydrogen-bond donors (Lipinski definition) is 0. The van der Waals surface area contributed by atoms with Crippen LogP contribution in [0.25, 0.3) is 0 Å². The average molecular weight is 498 g/mol. The van der Waals surface area contributed by atoms with E-state index in [1.54, 1.807) is 23.1 Å². The van der Waals surface area contributed by atoms with Crippen LogP contribution in [-0.4, -0.2) is 52.1 Å². The quantitative estimate of drug-likeness (QED) is 0.497. The van der Waals surface area contributed by atoms with Crippen molar-refractivity contribution in [3.8, 4) is 18.0 Å². The highest BCUT2D eigenvalue weighted by molar-refractivity contribution is 6.42. The number of pyridine rings is 1. The van der Waals surface area contributed by atoms with Crippen LogP contribution in [0.3, 0.4) is 0 Å². The number of carbonyl (C=O) groups excluding carboxylic acids is 1. The molecule has 0 aliphatic carbocycles. The molecule has 1 saturated heterocycles. The number of nitrogens with zero attached hydrogens (tertiary/aromatic N) is 5. The van der Waals surface area contributed by atoms with E-state index in [0.29, 0.717) is 40.1 Å². The lowest BCUT2D eigenvalue weighted by molar-refractivity contribution is 0.0768. The predicted molar refractivity (Wildman–Crippen MR) is 126 cm³/mol. The summed E-state index contributed by atoms with van der Waals surface area (Å²) in [6.07, 6.45) is 4.09. The molecule has 1 aromatic carbocycles. The van der Waals surface area contributed by atoms with Crippen LogP contribution < -0.4 is 9.47 Å². The molecular weight excluding hydrogens is 477 g/mol. The van der Waals surface area contributed by atoms with Gasteiger partial charge >= 0.3 is 6.01 Å². The van der Waals surface area contributed by atoms with Gasteiger partial charge in [0, 0.05) is 49.6 Å². The summed E-state index contributed by atoms with van der Waals surface area (Å²) in [5.74, 6) is 0.121. The molecule has 174 valence electrons. The van der Waals surface area contributed by atoms with Gasteiger partial charge in [-0.1, -0.05) is 29.3 Å². The first-order valence-electron chi connectivity index (χ1n) is 10.5. The standard InChI is InChI=1S/C24H21Cl2N5O3/c1-14(34-22-6-3-15(8-27)9-28-22)18-12-31(23(32)17-10-29-24(33-2)30-11-17)13-19(18)16-4-5-20(25)21(26)7-16/h3-7,9-11,14,18-19H,12-13H2,1-2H3/t14-,18+,19+/m0/s1. The molecule has 0 bridgehead atoms. The highest BCUT2D eigenvalue weighted by Gasteiger charge is 2.40. The minimum atomic E-state index is -0.287. The number of hydrogen-bond acceptors (Lipinski definition) is 7. The van der Waals surface area contributed by atoms with E-state index >= 15 is 0 Å². The molecule has 2 aromatic heterocycles. The second kappa shape index (κ2) is 10.2. The van der Waals surface area contributed by atoms with Crippen LogP contribution in [0.1, 0.15) is 34.3 Å². The molecule has 1 amide bonds. The van der Waals surface area contributed by atoms with Crippen LogP contribution >= 0.6 is 23.2 Å². The van der Waals surface area contributed by atoms with Gasteiger partial charge in [0.15, 0.2) is 0 Å². The molecule has 8 nitrogen and oxygen atoms in total. The van der Waals surface area contributed by atoms with E-state index in [0.717, 1.165) is 5.56 Å². The first kappa shape index (κ1) is 23.7. The molecule has 0 saturated carbocycles. The van der Waals surface area contributed by atoms with Crippen molar-refractivity contribution in [3.63, 3.8) is 0 Å². The Bertz CT molecular complexity index is 1210. The smallest absolute Gasteiger partial charge is 0.316 e. The van der Waals surface area contributed by atoms with Crippen molar-refractivity contribution in [3.05, 3.63) is 75.7 Å². The number of halogens is 2. The van der Waals surface area contributed by atoms with E-state index in [1.807, 2.05) is 25.1 Å². The second-order valence-electron chi connectivity index (χ2n) is 7.93. The van der Waals surface area contributed by atoms with Gasteiger partial charge in [0.1, 0.15) is 12.2 Å². The third kappa shape index (κ3) is 5.06. The SMILES string of the molecule is COc1ncc(C(=O)N2C[C@H]([C@H](C)Oc3ccc(C#N)cn3)[C@@H](c3ccc(Cl)c(Cl)c3)C2)cn1. The van der Waals surface area contributed by atoms with Crippen molar-refractivity contribution in [1.82, 2.24) is 19.9 Å². The van der Waals surface area contributed by atoms with Crippen LogP contribution in [0, 0.1) is 17.2 Å². The number of methoxy groups -OCH3 is 1. The molecule has 3 heterocycles. The maximum absolute atomic E-state index is 13.2. The van der Waals surface area contributed by atoms with Crippen molar-refractivity contribution < 1.29 is 14.3 Å². The molecule has 34 heavy (non-hydrogen) atoms. The van der Waals surface area contributed by atoms with E-state index in [-0.39, 0.29) is 29.9 Å². The molecule has 0 radical (unpaired) electrons. The topological polar surface area (TPSA) is 101 Å². The van der Waals surface area contributed by atoms with E-state index < -0.39 is 0 Å². The maximum atomic E-state index is 13.2. The van der Waals surface area contributed by atoms with Gasteiger partial charge in [-0.2, -0.15) is 5.26 Å². The number of likely N-dealkylation sites (tertiary alicyclic amines) is 1. The summed E-state index contributed by atoms with van der Waals surface area (Å²) in [7, 11) is 1.47. The first-order valence-corrected chi connectivity index (χ1v) is 11.3. The number of benzene rings is 1. The molecule has 3 atom stereocenters. The number of carbonyl (C=O) groups is 1. The third-order valence-corrected chi connectivity index (χ3v) is 6.60. The summed E-state index contributed by atoms with van der Waals surface area (Å²) in [5, 5.41) is 9.91. The Kier molecular flexibility index (Phi) is 7.15. The molecule has 1 fully saturated rings. The fraction of sp³-hybridized carbons (Fsp3) is 0.292. The summed E-state index contributed by atoms with van der Waals surface area (Å²) >= 11 is 12.4. The number of rotatable bonds is 6. The molecule has 10 heteroatoms. The highest BCUT2D eigenvalue weighted by atomic mass is 35.5. The number of nitriles is 1. The largest absolute Gasteiger partial charge is 0.474 e. The van der Waals surface area contributed by atoms with Crippen molar-refractivity contribution in [2.45, 2.75) is 18.9 Å². The number of aromatic nitrogens is 3. The zero-order valence-corrected chi connectivity index (χ0v) is 20.0. The fourth-order valence-corrected chi connectivity index (χ4v) is 4.38. The predicted octanol–water partition coefficient (Wildman–Crippen LogP) is 4.38. The minimum absolute atomic E-state index is 0.0498. The summed E-state index contributed by atoms with van der Waals surface area (Å²) in [6.45, 7) is 2.86. The monoisotopic (exact) mass is 497 g/mol. The van der Waals surface area contributed by atoms with Gasteiger partial charge in [0.25, 0.3) is 5.91 Å². The Hall–Kier alpha value is -3.41. The summed E-state index contributed by atoms with van der Waals surface area (Å²) in [4.78, 5) is 27.3. The number of amides is 1. The normalized spacial score (nSPS) is 18.3. The molecule has 0 N–H and O–H groups in total. The zero-order valence-electron chi connectivity index (χ0n) is 18.5. The van der Waals surface area contributed by atoms with Crippen molar-refractivity contribution in [1.29, 1.82) is 5.26 Å². The summed E-state index contributed by atoms with van der Waals surface area (Å²) < 4.78 is 11.1. The minimum Gasteiger partial charge on any atom is -0.474 e. The summed E-state index contributed by atoms with van der Waals surface area (Å²) in [5.41, 5.74) is 1.79. The van der Waals surface area contributed by atoms with Gasteiger partial charge < -0.3 is 14.4 Å². The first-order chi connectivity index (χ1) is 16.4. The van der Waals surface area contributed by atoms with E-state index in [9.17, 15) is 4.79 Å². The van der Waals surface area contributed by atoms with Gasteiger partial charge in [-0.15, -0.1) is 0 Å². The van der Waals surface area contributed by atoms with Crippen LogP contribution in [0.2, 0.25) is 10.0 Å². The molecule has 4 rings (SSSR count). The molecule has 1 aliphatic heterocycles. The van der Waals surface area contributed by atoms with Crippen LogP contribution in [0.4, 0.5) is 0 Å². The molecule has 0 unspecified atom stereocenters. The average Bonchev–Trinajstić information content (AvgIpc) is 3.31. The second-order valence-corrected chi connectivity index (χ2v) is 8.75. The third-order valence-electron chi connectivity index (χ3n) is 5.86. The Morgan fingerprint density at radius 1 is 1.12 bits per heavy atom. The Morgan fingerprint density at radius 2 is 1.88 bits per heavy atom. The summed E-state index contributed by atoms with van der Waals surface area (Å²) in [6, 6.07) is 11.1. The van der Waals surface area contributed by atoms with Crippen LogP contribution in [0.5, 0.6) is 11.9 Å². The van der Waals surface area contributed by atoms with Crippen molar-refractivity contribution in [2.24, 2.45) is 5.92 Å². The maximum Gasteiger partial charge on any atom is 0.316 e. The molecule has 1 aliphatic rings. The van der Waals surface area contributed by atoms with Crippen molar-refractivity contribution >= 4 is 29.1 Å². The highest BCUT2D eigenvalue weighted by Crippen LogP contribution is 2.38. The van der Waals surface area contributed by atoms with E-state index in [1.165, 1.54) is 25.7 Å². The van der Waals surface area contributed by atoms with Gasteiger partial charge in [0.2, 0.25) is 5.88 Å². The lowest BCUT2D eigenvalue weighted by Crippen LogP contribution is -2.32. The van der Waals surface area contributed by atoms with E-state index in [2.05, 4.69) is 15.0 Å². The Morgan fingerprint density at radius 3 is 2.50 bits per heavy atom. The molecule has 0 spiro atoms. The zero-order chi connectivity index (χ0) is 24.2. The Balaban J connectivity index is 1.59. The number of ether oxygens (including phenoxy) is 2. The van der Waals surface area contributed by atoms with Crippen molar-refractivity contribution in [2.75, 3.05) is 20.2 Å². The van der Waals surface area contributed by atoms with Gasteiger partial charge in [-0.05, 0) is 30.7 Å². The van der Waals surface area contributed by atoms with Gasteiger partial charge in [0.05, 0.1) is 28.3 Å². The van der Waals surface area contributed by atoms with E-state index in [4.69, 9.17) is 37.9 Å². The lowest BCUT2D eigenvalue weighted by atomic mass is 9.86. The lowest BCUT2D eigenvalue weighted by Gasteiger charge is -2.25. The Labute approximate surface area is 207 Å². The van der Waals surface area contributed by atoms with Gasteiger partial charge in [-0.3, -0.25) is 4.79 Å². The van der Waals surface area contributed by atoms with Gasteiger partial charge in [-0.25, -0.2) is 15.0 Å². The molecule has 3 aromatic rings. The fourth-order valence-electron chi connectivity index (χ4n) is 4.07. The van der Waals surface area contributed by atoms with Crippen LogP contribution in [-0.2, 0) is 0 Å². The van der Waals surface area contributed by atoms with Crippen LogP contribution in [0.15, 0.2) is 48.9 Å².